The van der Waals surface area contributed by atoms with Crippen molar-refractivity contribution in [3.8, 4) is 0 Å². The van der Waals surface area contributed by atoms with E-state index in [4.69, 9.17) is 0 Å². The highest BCUT2D eigenvalue weighted by Gasteiger charge is 2.14. The van der Waals surface area contributed by atoms with Gasteiger partial charge in [-0.25, -0.2) is 0 Å². The van der Waals surface area contributed by atoms with E-state index in [2.05, 4.69) is 41.9 Å². The number of carbonyl (C=O) groups excluding carboxylic acids is 1. The smallest absolute Gasteiger partial charge is 0.220 e. The summed E-state index contributed by atoms with van der Waals surface area (Å²) in [5.41, 5.74) is 4.19. The van der Waals surface area contributed by atoms with Gasteiger partial charge in [0.15, 0.2) is 0 Å². The molecule has 1 N–H and O–H groups in total. The zero-order chi connectivity index (χ0) is 15.4. The summed E-state index contributed by atoms with van der Waals surface area (Å²) in [6, 6.07) is 10.9. The second-order valence-electron chi connectivity index (χ2n) is 6.10. The molecule has 0 saturated heterocycles. The van der Waals surface area contributed by atoms with Gasteiger partial charge in [-0.2, -0.15) is 0 Å². The summed E-state index contributed by atoms with van der Waals surface area (Å²) < 4.78 is 0. The van der Waals surface area contributed by atoms with Gasteiger partial charge in [-0.1, -0.05) is 24.3 Å². The summed E-state index contributed by atoms with van der Waals surface area (Å²) in [5.74, 6) is 0.138. The molecule has 0 radical (unpaired) electrons. The maximum absolute atomic E-state index is 12.1. The SMILES string of the molecule is CC(NC(=O)CCc1cccs1)c1ccc2c(c1)CCCC2. The molecule has 1 unspecified atom stereocenters. The number of benzene rings is 1. The first-order valence-corrected chi connectivity index (χ1v) is 9.04. The van der Waals surface area contributed by atoms with Crippen LogP contribution in [0.1, 0.15) is 53.8 Å². The van der Waals surface area contributed by atoms with Crippen LogP contribution in [-0.2, 0) is 24.1 Å². The van der Waals surface area contributed by atoms with Gasteiger partial charge in [0.25, 0.3) is 0 Å². The first-order chi connectivity index (χ1) is 10.7. The molecule has 1 aliphatic carbocycles. The Morgan fingerprint density at radius 1 is 1.23 bits per heavy atom. The molecule has 0 fully saturated rings. The second-order valence-corrected chi connectivity index (χ2v) is 7.14. The fourth-order valence-corrected chi connectivity index (χ4v) is 3.82. The normalized spacial score (nSPS) is 15.1. The van der Waals surface area contributed by atoms with Crippen molar-refractivity contribution in [3.05, 3.63) is 57.3 Å². The molecule has 116 valence electrons. The Morgan fingerprint density at radius 3 is 2.82 bits per heavy atom. The molecule has 22 heavy (non-hydrogen) atoms. The summed E-state index contributed by atoms with van der Waals surface area (Å²) in [6.45, 7) is 2.08. The molecule has 1 aromatic heterocycles. The summed E-state index contributed by atoms with van der Waals surface area (Å²) in [7, 11) is 0. The van der Waals surface area contributed by atoms with Crippen LogP contribution in [-0.4, -0.2) is 5.91 Å². The molecule has 2 aromatic rings. The van der Waals surface area contributed by atoms with Crippen molar-refractivity contribution in [2.45, 2.75) is 51.5 Å². The van der Waals surface area contributed by atoms with E-state index in [9.17, 15) is 4.79 Å². The van der Waals surface area contributed by atoms with E-state index in [1.54, 1.807) is 11.3 Å². The Hall–Kier alpha value is -1.61. The number of rotatable bonds is 5. The molecule has 1 aliphatic rings. The number of hydrogen-bond acceptors (Lipinski definition) is 2. The maximum atomic E-state index is 12.1. The molecule has 3 heteroatoms. The third-order valence-corrected chi connectivity index (χ3v) is 5.36. The summed E-state index contributed by atoms with van der Waals surface area (Å²) in [5, 5.41) is 5.19. The largest absolute Gasteiger partial charge is 0.350 e. The van der Waals surface area contributed by atoms with Crippen LogP contribution < -0.4 is 5.32 Å². The minimum Gasteiger partial charge on any atom is -0.350 e. The minimum absolute atomic E-state index is 0.0862. The summed E-state index contributed by atoms with van der Waals surface area (Å²) in [6.07, 6.45) is 6.38. The lowest BCUT2D eigenvalue weighted by Gasteiger charge is -2.20. The number of carbonyl (C=O) groups is 1. The highest BCUT2D eigenvalue weighted by atomic mass is 32.1. The highest BCUT2D eigenvalue weighted by Crippen LogP contribution is 2.24. The monoisotopic (exact) mass is 313 g/mol. The molecule has 0 saturated carbocycles. The van der Waals surface area contributed by atoms with Crippen molar-refractivity contribution in [1.82, 2.24) is 5.32 Å². The van der Waals surface area contributed by atoms with Crippen molar-refractivity contribution in [3.63, 3.8) is 0 Å². The average Bonchev–Trinajstić information content (AvgIpc) is 3.06. The van der Waals surface area contributed by atoms with Crippen LogP contribution in [0.2, 0.25) is 0 Å². The first-order valence-electron chi connectivity index (χ1n) is 8.16. The van der Waals surface area contributed by atoms with Crippen LogP contribution in [0, 0.1) is 0 Å². The van der Waals surface area contributed by atoms with E-state index in [1.807, 2.05) is 6.07 Å². The molecule has 0 bridgehead atoms. The molecular formula is C19H23NOS. The van der Waals surface area contributed by atoms with E-state index in [0.717, 1.165) is 6.42 Å². The van der Waals surface area contributed by atoms with Gasteiger partial charge in [0.2, 0.25) is 5.91 Å². The van der Waals surface area contributed by atoms with Gasteiger partial charge in [0, 0.05) is 11.3 Å². The van der Waals surface area contributed by atoms with E-state index < -0.39 is 0 Å². The lowest BCUT2D eigenvalue weighted by atomic mass is 9.89. The number of amides is 1. The Kier molecular flexibility index (Phi) is 4.94. The van der Waals surface area contributed by atoms with Crippen LogP contribution in [0.15, 0.2) is 35.7 Å². The maximum Gasteiger partial charge on any atom is 0.220 e. The molecule has 0 aliphatic heterocycles. The minimum atomic E-state index is 0.0862. The van der Waals surface area contributed by atoms with Crippen molar-refractivity contribution < 1.29 is 4.79 Å². The van der Waals surface area contributed by atoms with E-state index >= 15 is 0 Å². The van der Waals surface area contributed by atoms with Gasteiger partial charge in [0.1, 0.15) is 0 Å². The Morgan fingerprint density at radius 2 is 2.05 bits per heavy atom. The van der Waals surface area contributed by atoms with Crippen LogP contribution >= 0.6 is 11.3 Å². The van der Waals surface area contributed by atoms with Gasteiger partial charge < -0.3 is 5.32 Å². The zero-order valence-corrected chi connectivity index (χ0v) is 13.9. The zero-order valence-electron chi connectivity index (χ0n) is 13.1. The van der Waals surface area contributed by atoms with Crippen molar-refractivity contribution in [1.29, 1.82) is 0 Å². The van der Waals surface area contributed by atoms with E-state index in [-0.39, 0.29) is 11.9 Å². The fourth-order valence-electron chi connectivity index (χ4n) is 3.11. The van der Waals surface area contributed by atoms with Crippen molar-refractivity contribution in [2.75, 3.05) is 0 Å². The lowest BCUT2D eigenvalue weighted by molar-refractivity contribution is -0.121. The van der Waals surface area contributed by atoms with Crippen LogP contribution in [0.5, 0.6) is 0 Å². The van der Waals surface area contributed by atoms with Gasteiger partial charge in [0.05, 0.1) is 6.04 Å². The third-order valence-electron chi connectivity index (χ3n) is 4.43. The van der Waals surface area contributed by atoms with Gasteiger partial charge >= 0.3 is 0 Å². The Balaban J connectivity index is 1.56. The molecule has 0 spiro atoms. The molecule has 3 rings (SSSR count). The third kappa shape index (κ3) is 3.77. The molecule has 2 nitrogen and oxygen atoms in total. The number of thiophene rings is 1. The number of aryl methyl sites for hydroxylation is 3. The fraction of sp³-hybridized carbons (Fsp3) is 0.421. The van der Waals surface area contributed by atoms with Gasteiger partial charge in [-0.15, -0.1) is 11.3 Å². The van der Waals surface area contributed by atoms with Crippen LogP contribution in [0.4, 0.5) is 0 Å². The number of nitrogens with one attached hydrogen (secondary N) is 1. The summed E-state index contributed by atoms with van der Waals surface area (Å²) >= 11 is 1.72. The average molecular weight is 313 g/mol. The number of hydrogen-bond donors (Lipinski definition) is 1. The molecule has 1 atom stereocenters. The standard InChI is InChI=1S/C19H23NOS/c1-14(20-19(21)11-10-18-7-4-12-22-18)16-9-8-15-5-2-3-6-17(15)13-16/h4,7-9,12-14H,2-3,5-6,10-11H2,1H3,(H,20,21). The predicted octanol–water partition coefficient (Wildman–Crippen LogP) is 4.44. The molecule has 1 amide bonds. The van der Waals surface area contributed by atoms with Crippen LogP contribution in [0.25, 0.3) is 0 Å². The topological polar surface area (TPSA) is 29.1 Å². The molecule has 1 heterocycles. The molecular weight excluding hydrogens is 290 g/mol. The van der Waals surface area contributed by atoms with E-state index in [0.29, 0.717) is 6.42 Å². The predicted molar refractivity (Wildman–Crippen MR) is 92.3 cm³/mol. The van der Waals surface area contributed by atoms with Crippen LogP contribution in [0.3, 0.4) is 0 Å². The van der Waals surface area contributed by atoms with Crippen molar-refractivity contribution in [2.24, 2.45) is 0 Å². The molecule has 1 aromatic carbocycles. The number of fused-ring (bicyclic) bond motifs is 1. The van der Waals surface area contributed by atoms with Crippen molar-refractivity contribution >= 4 is 17.2 Å². The van der Waals surface area contributed by atoms with E-state index in [1.165, 1.54) is 47.3 Å². The Bertz CT molecular complexity index is 633. The summed E-state index contributed by atoms with van der Waals surface area (Å²) in [4.78, 5) is 13.4. The first kappa shape index (κ1) is 15.3. The second kappa shape index (κ2) is 7.10. The Labute approximate surface area is 136 Å². The van der Waals surface area contributed by atoms with Gasteiger partial charge in [-0.3, -0.25) is 4.79 Å². The lowest BCUT2D eigenvalue weighted by Crippen LogP contribution is -2.27. The highest BCUT2D eigenvalue weighted by molar-refractivity contribution is 7.09. The van der Waals surface area contributed by atoms with Gasteiger partial charge in [-0.05, 0) is 67.2 Å². The quantitative estimate of drug-likeness (QED) is 0.869.